The number of amides is 1. The Hall–Kier alpha value is -2.55. The SMILES string of the molecule is Cc1ccccc1Cn1cc(CCC(=O)N[C@@H]2CCCC[C@H]2C)c2ccccc21. The molecule has 3 nitrogen and oxygen atoms in total. The molecular formula is C26H32N2O. The Labute approximate surface area is 174 Å². The smallest absolute Gasteiger partial charge is 0.220 e. The van der Waals surface area contributed by atoms with Crippen molar-refractivity contribution >= 4 is 16.8 Å². The maximum atomic E-state index is 12.6. The Balaban J connectivity index is 1.48. The molecule has 152 valence electrons. The molecule has 0 radical (unpaired) electrons. The van der Waals surface area contributed by atoms with Gasteiger partial charge in [0.25, 0.3) is 0 Å². The maximum Gasteiger partial charge on any atom is 0.220 e. The van der Waals surface area contributed by atoms with E-state index in [1.807, 2.05) is 0 Å². The van der Waals surface area contributed by atoms with Gasteiger partial charge in [-0.15, -0.1) is 0 Å². The summed E-state index contributed by atoms with van der Waals surface area (Å²) in [4.78, 5) is 12.6. The van der Waals surface area contributed by atoms with E-state index in [2.05, 4.69) is 78.5 Å². The zero-order chi connectivity index (χ0) is 20.2. The van der Waals surface area contributed by atoms with Crippen molar-refractivity contribution in [2.24, 2.45) is 5.92 Å². The van der Waals surface area contributed by atoms with Gasteiger partial charge >= 0.3 is 0 Å². The Kier molecular flexibility index (Phi) is 6.03. The Morgan fingerprint density at radius 3 is 2.62 bits per heavy atom. The lowest BCUT2D eigenvalue weighted by atomic mass is 9.86. The van der Waals surface area contributed by atoms with Crippen molar-refractivity contribution in [3.05, 3.63) is 71.4 Å². The molecule has 0 spiro atoms. The van der Waals surface area contributed by atoms with E-state index >= 15 is 0 Å². The number of fused-ring (bicyclic) bond motifs is 1. The number of aryl methyl sites for hydroxylation is 2. The summed E-state index contributed by atoms with van der Waals surface area (Å²) in [5.41, 5.74) is 5.16. The molecule has 4 rings (SSSR count). The van der Waals surface area contributed by atoms with Crippen molar-refractivity contribution in [2.45, 2.75) is 65.0 Å². The number of nitrogens with zero attached hydrogens (tertiary/aromatic N) is 1. The van der Waals surface area contributed by atoms with Gasteiger partial charge in [-0.2, -0.15) is 0 Å². The minimum absolute atomic E-state index is 0.194. The molecule has 1 heterocycles. The monoisotopic (exact) mass is 388 g/mol. The van der Waals surface area contributed by atoms with Gasteiger partial charge < -0.3 is 9.88 Å². The van der Waals surface area contributed by atoms with Crippen molar-refractivity contribution in [3.8, 4) is 0 Å². The molecule has 1 saturated carbocycles. The molecular weight excluding hydrogens is 356 g/mol. The van der Waals surface area contributed by atoms with Crippen LogP contribution in [0, 0.1) is 12.8 Å². The fraction of sp³-hybridized carbons (Fsp3) is 0.423. The minimum atomic E-state index is 0.194. The molecule has 3 heteroatoms. The van der Waals surface area contributed by atoms with Crippen LogP contribution in [0.4, 0.5) is 0 Å². The Morgan fingerprint density at radius 1 is 1.03 bits per heavy atom. The van der Waals surface area contributed by atoms with Crippen molar-refractivity contribution in [1.82, 2.24) is 9.88 Å². The zero-order valence-electron chi connectivity index (χ0n) is 17.7. The van der Waals surface area contributed by atoms with Crippen LogP contribution in [-0.2, 0) is 17.8 Å². The van der Waals surface area contributed by atoms with Gasteiger partial charge in [0.2, 0.25) is 5.91 Å². The van der Waals surface area contributed by atoms with Crippen LogP contribution in [0.25, 0.3) is 10.9 Å². The molecule has 0 bridgehead atoms. The van der Waals surface area contributed by atoms with Crippen LogP contribution in [-0.4, -0.2) is 16.5 Å². The summed E-state index contributed by atoms with van der Waals surface area (Å²) in [6.45, 7) is 5.29. The lowest BCUT2D eigenvalue weighted by Gasteiger charge is -2.29. The third kappa shape index (κ3) is 4.55. The summed E-state index contributed by atoms with van der Waals surface area (Å²) in [6, 6.07) is 17.5. The van der Waals surface area contributed by atoms with E-state index in [-0.39, 0.29) is 5.91 Å². The summed E-state index contributed by atoms with van der Waals surface area (Å²) in [5.74, 6) is 0.795. The summed E-state index contributed by atoms with van der Waals surface area (Å²) in [6.07, 6.45) is 8.49. The van der Waals surface area contributed by atoms with Crippen molar-refractivity contribution < 1.29 is 4.79 Å². The molecule has 29 heavy (non-hydrogen) atoms. The van der Waals surface area contributed by atoms with Gasteiger partial charge in [0.05, 0.1) is 0 Å². The number of aromatic nitrogens is 1. The van der Waals surface area contributed by atoms with Crippen molar-refractivity contribution in [1.29, 1.82) is 0 Å². The zero-order valence-corrected chi connectivity index (χ0v) is 17.7. The molecule has 1 N–H and O–H groups in total. The number of rotatable bonds is 6. The van der Waals surface area contributed by atoms with Gasteiger partial charge in [0, 0.05) is 36.1 Å². The molecule has 2 aromatic carbocycles. The fourth-order valence-corrected chi connectivity index (χ4v) is 4.68. The number of carbonyl (C=O) groups is 1. The molecule has 1 aromatic heterocycles. The second kappa shape index (κ2) is 8.86. The second-order valence-electron chi connectivity index (χ2n) is 8.66. The molecule has 0 aliphatic heterocycles. The number of carbonyl (C=O) groups excluding carboxylic acids is 1. The molecule has 1 aliphatic rings. The number of hydrogen-bond acceptors (Lipinski definition) is 1. The Morgan fingerprint density at radius 2 is 1.79 bits per heavy atom. The first kappa shape index (κ1) is 19.8. The lowest BCUT2D eigenvalue weighted by molar-refractivity contribution is -0.122. The summed E-state index contributed by atoms with van der Waals surface area (Å²) >= 11 is 0. The van der Waals surface area contributed by atoms with E-state index in [0.717, 1.165) is 19.4 Å². The normalized spacial score (nSPS) is 19.4. The second-order valence-corrected chi connectivity index (χ2v) is 8.66. The van der Waals surface area contributed by atoms with Crippen LogP contribution in [0.3, 0.4) is 0 Å². The van der Waals surface area contributed by atoms with Gasteiger partial charge in [-0.3, -0.25) is 4.79 Å². The average molecular weight is 389 g/mol. The molecule has 0 saturated heterocycles. The standard InChI is InChI=1S/C26H32N2O/c1-19-9-3-5-11-21(19)17-28-18-22(23-12-6-8-14-25(23)28)15-16-26(29)27-24-13-7-4-10-20(24)2/h3,5-6,8-9,11-12,14,18,20,24H,4,7,10,13,15-17H2,1-2H3,(H,27,29)/t20-,24-/m1/s1. The van der Waals surface area contributed by atoms with E-state index in [1.54, 1.807) is 0 Å². The van der Waals surface area contributed by atoms with Crippen LogP contribution >= 0.6 is 0 Å². The van der Waals surface area contributed by atoms with E-state index in [1.165, 1.54) is 46.9 Å². The van der Waals surface area contributed by atoms with Crippen LogP contribution < -0.4 is 5.32 Å². The van der Waals surface area contributed by atoms with Crippen molar-refractivity contribution in [3.63, 3.8) is 0 Å². The fourth-order valence-electron chi connectivity index (χ4n) is 4.68. The highest BCUT2D eigenvalue weighted by Crippen LogP contribution is 2.26. The largest absolute Gasteiger partial charge is 0.353 e. The number of nitrogens with one attached hydrogen (secondary N) is 1. The van der Waals surface area contributed by atoms with Crippen molar-refractivity contribution in [2.75, 3.05) is 0 Å². The maximum absolute atomic E-state index is 12.6. The average Bonchev–Trinajstić information content (AvgIpc) is 3.08. The predicted octanol–water partition coefficient (Wildman–Crippen LogP) is 5.63. The third-order valence-electron chi connectivity index (χ3n) is 6.55. The van der Waals surface area contributed by atoms with Crippen LogP contribution in [0.2, 0.25) is 0 Å². The number of benzene rings is 2. The topological polar surface area (TPSA) is 34.0 Å². The van der Waals surface area contributed by atoms with Gasteiger partial charge in [-0.05, 0) is 54.9 Å². The van der Waals surface area contributed by atoms with Gasteiger partial charge in [-0.25, -0.2) is 0 Å². The Bertz CT molecular complexity index is 987. The molecule has 3 aromatic rings. The summed E-state index contributed by atoms with van der Waals surface area (Å²) in [5, 5.41) is 4.56. The van der Waals surface area contributed by atoms with Crippen LogP contribution in [0.15, 0.2) is 54.7 Å². The van der Waals surface area contributed by atoms with Crippen LogP contribution in [0.1, 0.15) is 55.7 Å². The van der Waals surface area contributed by atoms with E-state index in [0.29, 0.717) is 18.4 Å². The predicted molar refractivity (Wildman–Crippen MR) is 120 cm³/mol. The first-order valence-corrected chi connectivity index (χ1v) is 11.0. The molecule has 1 fully saturated rings. The first-order valence-electron chi connectivity index (χ1n) is 11.0. The van der Waals surface area contributed by atoms with Gasteiger partial charge in [0.15, 0.2) is 0 Å². The van der Waals surface area contributed by atoms with Gasteiger partial charge in [0.1, 0.15) is 0 Å². The highest BCUT2D eigenvalue weighted by molar-refractivity contribution is 5.85. The molecule has 0 unspecified atom stereocenters. The van der Waals surface area contributed by atoms with Crippen LogP contribution in [0.5, 0.6) is 0 Å². The number of para-hydroxylation sites is 1. The lowest BCUT2D eigenvalue weighted by Crippen LogP contribution is -2.41. The molecule has 1 amide bonds. The summed E-state index contributed by atoms with van der Waals surface area (Å²) < 4.78 is 2.33. The van der Waals surface area contributed by atoms with Gasteiger partial charge in [-0.1, -0.05) is 62.2 Å². The van der Waals surface area contributed by atoms with E-state index in [4.69, 9.17) is 0 Å². The summed E-state index contributed by atoms with van der Waals surface area (Å²) in [7, 11) is 0. The van der Waals surface area contributed by atoms with E-state index in [9.17, 15) is 4.79 Å². The van der Waals surface area contributed by atoms with E-state index < -0.39 is 0 Å². The number of hydrogen-bond donors (Lipinski definition) is 1. The minimum Gasteiger partial charge on any atom is -0.353 e. The highest BCUT2D eigenvalue weighted by atomic mass is 16.1. The highest BCUT2D eigenvalue weighted by Gasteiger charge is 2.22. The molecule has 1 aliphatic carbocycles. The first-order chi connectivity index (χ1) is 14.1. The third-order valence-corrected chi connectivity index (χ3v) is 6.55. The quantitative estimate of drug-likeness (QED) is 0.584. The molecule has 2 atom stereocenters.